The van der Waals surface area contributed by atoms with E-state index >= 15 is 0 Å². The minimum Gasteiger partial charge on any atom is -0.391 e. The quantitative estimate of drug-likeness (QED) is 0.598. The lowest BCUT2D eigenvalue weighted by atomic mass is 9.82. The Morgan fingerprint density at radius 3 is 2.46 bits per heavy atom. The Labute approximate surface area is 80.1 Å². The molecule has 13 heavy (non-hydrogen) atoms. The summed E-state index contributed by atoms with van der Waals surface area (Å²) in [7, 11) is 2.18. The summed E-state index contributed by atoms with van der Waals surface area (Å²) < 4.78 is 0. The first-order chi connectivity index (χ1) is 6.27. The van der Waals surface area contributed by atoms with Crippen LogP contribution < -0.4 is 5.32 Å². The normalized spacial score (nSPS) is 38.3. The molecular formula is C10H20N2O. The largest absolute Gasteiger partial charge is 0.391 e. The number of β-amino-alcohol motifs (C(OH)–C–C–N with tert-alkyl or cyclic N) is 1. The summed E-state index contributed by atoms with van der Waals surface area (Å²) in [5.74, 6) is 1.27. The zero-order valence-corrected chi connectivity index (χ0v) is 8.37. The molecule has 0 aromatic heterocycles. The zero-order chi connectivity index (χ0) is 9.26. The maximum absolute atomic E-state index is 9.73. The van der Waals surface area contributed by atoms with Gasteiger partial charge in [0.1, 0.15) is 0 Å². The maximum atomic E-state index is 9.73. The van der Waals surface area contributed by atoms with Crippen LogP contribution in [0.3, 0.4) is 0 Å². The Kier molecular flexibility index (Phi) is 2.86. The SMILES string of the molecule is CN1CCC(C2CNCC2O)CC1. The van der Waals surface area contributed by atoms with E-state index in [1.54, 1.807) is 0 Å². The average molecular weight is 184 g/mol. The summed E-state index contributed by atoms with van der Waals surface area (Å²) in [5, 5.41) is 13.0. The van der Waals surface area contributed by atoms with Gasteiger partial charge in [-0.05, 0) is 38.9 Å². The molecule has 2 heterocycles. The van der Waals surface area contributed by atoms with Crippen LogP contribution in [0.25, 0.3) is 0 Å². The molecule has 2 N–H and O–H groups in total. The van der Waals surface area contributed by atoms with Crippen molar-refractivity contribution in [1.29, 1.82) is 0 Å². The summed E-state index contributed by atoms with van der Waals surface area (Å²) >= 11 is 0. The standard InChI is InChI=1S/C10H20N2O/c1-12-4-2-8(3-5-12)9-6-11-7-10(9)13/h8-11,13H,2-7H2,1H3. The Balaban J connectivity index is 1.86. The molecule has 0 bridgehead atoms. The highest BCUT2D eigenvalue weighted by molar-refractivity contribution is 4.87. The van der Waals surface area contributed by atoms with Gasteiger partial charge in [0.25, 0.3) is 0 Å². The Bertz CT molecular complexity index is 166. The fraction of sp³-hybridized carbons (Fsp3) is 1.00. The smallest absolute Gasteiger partial charge is 0.0707 e. The minimum atomic E-state index is -0.0894. The van der Waals surface area contributed by atoms with Gasteiger partial charge >= 0.3 is 0 Å². The van der Waals surface area contributed by atoms with Crippen molar-refractivity contribution >= 4 is 0 Å². The number of nitrogens with one attached hydrogen (secondary N) is 1. The fourth-order valence-electron chi connectivity index (χ4n) is 2.62. The Morgan fingerprint density at radius 1 is 1.23 bits per heavy atom. The lowest BCUT2D eigenvalue weighted by molar-refractivity contribution is 0.0818. The van der Waals surface area contributed by atoms with Gasteiger partial charge in [-0.1, -0.05) is 0 Å². The van der Waals surface area contributed by atoms with Crippen molar-refractivity contribution in [2.75, 3.05) is 33.2 Å². The molecule has 0 spiro atoms. The molecule has 0 aromatic rings. The summed E-state index contributed by atoms with van der Waals surface area (Å²) in [5.41, 5.74) is 0. The molecule has 2 aliphatic rings. The van der Waals surface area contributed by atoms with Crippen LogP contribution in [-0.2, 0) is 0 Å². The number of hydrogen-bond donors (Lipinski definition) is 2. The molecule has 76 valence electrons. The van der Waals surface area contributed by atoms with Gasteiger partial charge in [0.15, 0.2) is 0 Å². The highest BCUT2D eigenvalue weighted by Gasteiger charge is 2.33. The van der Waals surface area contributed by atoms with Crippen molar-refractivity contribution in [1.82, 2.24) is 10.2 Å². The average Bonchev–Trinajstić information content (AvgIpc) is 2.53. The topological polar surface area (TPSA) is 35.5 Å². The zero-order valence-electron chi connectivity index (χ0n) is 8.37. The molecule has 0 aromatic carbocycles. The van der Waals surface area contributed by atoms with Crippen LogP contribution in [0, 0.1) is 11.8 Å². The highest BCUT2D eigenvalue weighted by Crippen LogP contribution is 2.28. The number of hydrogen-bond acceptors (Lipinski definition) is 3. The van der Waals surface area contributed by atoms with E-state index in [1.165, 1.54) is 25.9 Å². The molecule has 0 radical (unpaired) electrons. The number of aliphatic hydroxyl groups excluding tert-OH is 1. The highest BCUT2D eigenvalue weighted by atomic mass is 16.3. The van der Waals surface area contributed by atoms with E-state index in [0.717, 1.165) is 19.0 Å². The van der Waals surface area contributed by atoms with Crippen molar-refractivity contribution in [3.05, 3.63) is 0 Å². The molecule has 3 nitrogen and oxygen atoms in total. The van der Waals surface area contributed by atoms with Crippen molar-refractivity contribution in [2.24, 2.45) is 11.8 Å². The number of rotatable bonds is 1. The van der Waals surface area contributed by atoms with E-state index in [9.17, 15) is 5.11 Å². The number of aliphatic hydroxyl groups is 1. The van der Waals surface area contributed by atoms with Crippen LogP contribution in [-0.4, -0.2) is 49.3 Å². The lowest BCUT2D eigenvalue weighted by Gasteiger charge is -2.33. The van der Waals surface area contributed by atoms with E-state index < -0.39 is 0 Å². The van der Waals surface area contributed by atoms with E-state index in [4.69, 9.17) is 0 Å². The van der Waals surface area contributed by atoms with Gasteiger partial charge in [-0.25, -0.2) is 0 Å². The van der Waals surface area contributed by atoms with Crippen LogP contribution >= 0.6 is 0 Å². The third-order valence-corrected chi connectivity index (χ3v) is 3.60. The number of piperidine rings is 1. The van der Waals surface area contributed by atoms with Crippen molar-refractivity contribution in [3.8, 4) is 0 Å². The molecule has 0 amide bonds. The van der Waals surface area contributed by atoms with Gasteiger partial charge in [0, 0.05) is 19.0 Å². The molecule has 2 atom stereocenters. The Hall–Kier alpha value is -0.120. The molecule has 0 saturated carbocycles. The van der Waals surface area contributed by atoms with E-state index in [2.05, 4.69) is 17.3 Å². The second-order valence-electron chi connectivity index (χ2n) is 4.53. The van der Waals surface area contributed by atoms with Crippen LogP contribution in [0.4, 0.5) is 0 Å². The summed E-state index contributed by atoms with van der Waals surface area (Å²) in [4.78, 5) is 2.38. The monoisotopic (exact) mass is 184 g/mol. The summed E-state index contributed by atoms with van der Waals surface area (Å²) in [6.45, 7) is 4.23. The van der Waals surface area contributed by atoms with Crippen molar-refractivity contribution in [3.63, 3.8) is 0 Å². The van der Waals surface area contributed by atoms with Crippen molar-refractivity contribution in [2.45, 2.75) is 18.9 Å². The molecule has 2 rings (SSSR count). The first-order valence-corrected chi connectivity index (χ1v) is 5.34. The van der Waals surface area contributed by atoms with Crippen LogP contribution in [0.2, 0.25) is 0 Å². The summed E-state index contributed by atoms with van der Waals surface area (Å²) in [6.07, 6.45) is 2.44. The van der Waals surface area contributed by atoms with Gasteiger partial charge in [0.2, 0.25) is 0 Å². The van der Waals surface area contributed by atoms with Crippen LogP contribution in [0.1, 0.15) is 12.8 Å². The van der Waals surface area contributed by atoms with Gasteiger partial charge < -0.3 is 15.3 Å². The number of nitrogens with zero attached hydrogens (tertiary/aromatic N) is 1. The minimum absolute atomic E-state index is 0.0894. The van der Waals surface area contributed by atoms with E-state index in [-0.39, 0.29) is 6.10 Å². The molecule has 2 unspecified atom stereocenters. The molecule has 0 aliphatic carbocycles. The third-order valence-electron chi connectivity index (χ3n) is 3.60. The van der Waals surface area contributed by atoms with Gasteiger partial charge in [-0.3, -0.25) is 0 Å². The van der Waals surface area contributed by atoms with E-state index in [0.29, 0.717) is 5.92 Å². The molecular weight excluding hydrogens is 164 g/mol. The molecule has 3 heteroatoms. The lowest BCUT2D eigenvalue weighted by Crippen LogP contribution is -2.36. The second-order valence-corrected chi connectivity index (χ2v) is 4.53. The summed E-state index contributed by atoms with van der Waals surface area (Å²) in [6, 6.07) is 0. The maximum Gasteiger partial charge on any atom is 0.0707 e. The second kappa shape index (κ2) is 3.95. The molecule has 2 aliphatic heterocycles. The van der Waals surface area contributed by atoms with Crippen LogP contribution in [0.15, 0.2) is 0 Å². The van der Waals surface area contributed by atoms with E-state index in [1.807, 2.05) is 0 Å². The Morgan fingerprint density at radius 2 is 1.92 bits per heavy atom. The van der Waals surface area contributed by atoms with Crippen LogP contribution in [0.5, 0.6) is 0 Å². The first-order valence-electron chi connectivity index (χ1n) is 5.34. The molecule has 2 saturated heterocycles. The van der Waals surface area contributed by atoms with Gasteiger partial charge in [-0.2, -0.15) is 0 Å². The molecule has 2 fully saturated rings. The fourth-order valence-corrected chi connectivity index (χ4v) is 2.62. The third kappa shape index (κ3) is 2.03. The predicted molar refractivity (Wildman–Crippen MR) is 52.6 cm³/mol. The van der Waals surface area contributed by atoms with Gasteiger partial charge in [0.05, 0.1) is 6.10 Å². The first kappa shape index (κ1) is 9.44. The van der Waals surface area contributed by atoms with Gasteiger partial charge in [-0.15, -0.1) is 0 Å². The van der Waals surface area contributed by atoms with Crippen molar-refractivity contribution < 1.29 is 5.11 Å². The predicted octanol–water partition coefficient (Wildman–Crippen LogP) is -0.0915. The number of likely N-dealkylation sites (tertiary alicyclic amines) is 1.